The van der Waals surface area contributed by atoms with Gasteiger partial charge in [0, 0.05) is 17.9 Å². The quantitative estimate of drug-likeness (QED) is 0.331. The van der Waals surface area contributed by atoms with Crippen LogP contribution < -0.4 is 0 Å². The number of hydrogen-bond donors (Lipinski definition) is 1. The van der Waals surface area contributed by atoms with Gasteiger partial charge in [0.25, 0.3) is 0 Å². The van der Waals surface area contributed by atoms with Gasteiger partial charge in [0.1, 0.15) is 0 Å². The lowest BCUT2D eigenvalue weighted by Gasteiger charge is -2.06. The van der Waals surface area contributed by atoms with Gasteiger partial charge in [-0.2, -0.15) is 0 Å². The Kier molecular flexibility index (Phi) is 9.69. The van der Waals surface area contributed by atoms with Crippen LogP contribution in [0.25, 0.3) is 0 Å². The van der Waals surface area contributed by atoms with E-state index in [-0.39, 0.29) is 18.1 Å². The third kappa shape index (κ3) is 8.34. The minimum Gasteiger partial charge on any atom is -0.481 e. The van der Waals surface area contributed by atoms with E-state index in [1.165, 1.54) is 19.3 Å². The molecule has 1 atom stereocenters. The maximum atomic E-state index is 11.9. The fourth-order valence-corrected chi connectivity index (χ4v) is 2.51. The first-order valence-corrected chi connectivity index (χ1v) is 8.61. The highest BCUT2D eigenvalue weighted by Crippen LogP contribution is 2.25. The van der Waals surface area contributed by atoms with E-state index in [9.17, 15) is 9.59 Å². The monoisotopic (exact) mass is 316 g/mol. The molecular weight excluding hydrogens is 288 g/mol. The first kappa shape index (κ1) is 19.1. The molecule has 0 aromatic heterocycles. The summed E-state index contributed by atoms with van der Waals surface area (Å²) in [7, 11) is 0. The van der Waals surface area contributed by atoms with E-state index in [2.05, 4.69) is 13.0 Å². The molecule has 1 aliphatic carbocycles. The largest absolute Gasteiger partial charge is 0.481 e. The van der Waals surface area contributed by atoms with Crippen molar-refractivity contribution in [2.24, 2.45) is 5.92 Å². The summed E-state index contributed by atoms with van der Waals surface area (Å²) in [4.78, 5) is 22.3. The molecular formula is C20H28O3. The number of rotatable bonds is 11. The molecule has 0 amide bonds. The zero-order chi connectivity index (χ0) is 16.9. The SMILES string of the molecule is CCCCC/C=C/C=C1C(=O)C=C[C@@H]1C/C=C/CCCC(=O)O. The molecule has 0 aromatic rings. The van der Waals surface area contributed by atoms with E-state index in [0.717, 1.165) is 24.8 Å². The summed E-state index contributed by atoms with van der Waals surface area (Å²) in [5.74, 6) is -0.496. The molecule has 0 saturated heterocycles. The predicted molar refractivity (Wildman–Crippen MR) is 94.2 cm³/mol. The second-order valence-corrected chi connectivity index (χ2v) is 5.87. The molecule has 0 radical (unpaired) electrons. The van der Waals surface area contributed by atoms with Crippen molar-refractivity contribution in [1.29, 1.82) is 0 Å². The number of allylic oxidation sites excluding steroid dienone is 8. The van der Waals surface area contributed by atoms with Crippen LogP contribution >= 0.6 is 0 Å². The van der Waals surface area contributed by atoms with Crippen molar-refractivity contribution in [2.45, 2.75) is 58.3 Å². The molecule has 126 valence electrons. The standard InChI is InChI=1S/C20H28O3/c1-2-3-4-5-6-10-13-18-17(15-16-19(18)21)12-9-7-8-11-14-20(22)23/h6-7,9-10,13,15-17H,2-5,8,11-12,14H2,1H3,(H,22,23)/b9-7+,10-6+,18-13?/t17-/m0/s1. The van der Waals surface area contributed by atoms with Crippen molar-refractivity contribution >= 4 is 11.8 Å². The lowest BCUT2D eigenvalue weighted by atomic mass is 9.97. The smallest absolute Gasteiger partial charge is 0.303 e. The van der Waals surface area contributed by atoms with E-state index >= 15 is 0 Å². The summed E-state index contributed by atoms with van der Waals surface area (Å²) in [5, 5.41) is 8.57. The number of hydrogen-bond acceptors (Lipinski definition) is 2. The maximum absolute atomic E-state index is 11.9. The molecule has 23 heavy (non-hydrogen) atoms. The Balaban J connectivity index is 2.38. The summed E-state index contributed by atoms with van der Waals surface area (Å²) < 4.78 is 0. The molecule has 0 saturated carbocycles. The lowest BCUT2D eigenvalue weighted by molar-refractivity contribution is -0.137. The molecule has 3 heteroatoms. The van der Waals surface area contributed by atoms with E-state index in [1.807, 2.05) is 30.4 Å². The maximum Gasteiger partial charge on any atom is 0.303 e. The Bertz CT molecular complexity index is 495. The van der Waals surface area contributed by atoms with Crippen LogP contribution in [0, 0.1) is 5.92 Å². The Morgan fingerprint density at radius 2 is 1.96 bits per heavy atom. The van der Waals surface area contributed by atoms with E-state index in [1.54, 1.807) is 6.08 Å². The molecule has 0 aromatic carbocycles. The minimum atomic E-state index is -0.751. The average molecular weight is 316 g/mol. The molecule has 0 aliphatic heterocycles. The van der Waals surface area contributed by atoms with Crippen LogP contribution in [-0.2, 0) is 9.59 Å². The highest BCUT2D eigenvalue weighted by atomic mass is 16.4. The van der Waals surface area contributed by atoms with E-state index in [0.29, 0.717) is 6.42 Å². The minimum absolute atomic E-state index is 0.104. The molecule has 3 nitrogen and oxygen atoms in total. The zero-order valence-electron chi connectivity index (χ0n) is 14.0. The van der Waals surface area contributed by atoms with Crippen LogP contribution in [0.3, 0.4) is 0 Å². The summed E-state index contributed by atoms with van der Waals surface area (Å²) in [6.07, 6.45) is 20.9. The number of carbonyl (C=O) groups is 2. The number of carboxylic acids is 1. The number of aliphatic carboxylic acids is 1. The van der Waals surface area contributed by atoms with Crippen molar-refractivity contribution in [3.8, 4) is 0 Å². The van der Waals surface area contributed by atoms with Crippen LogP contribution in [-0.4, -0.2) is 16.9 Å². The molecule has 0 spiro atoms. The Hall–Kier alpha value is -1.90. The topological polar surface area (TPSA) is 54.4 Å². The molecule has 1 rings (SSSR count). The van der Waals surface area contributed by atoms with Crippen LogP contribution in [0.1, 0.15) is 58.3 Å². The van der Waals surface area contributed by atoms with Gasteiger partial charge in [0.15, 0.2) is 5.78 Å². The fraction of sp³-hybridized carbons (Fsp3) is 0.500. The zero-order valence-corrected chi connectivity index (χ0v) is 14.0. The summed E-state index contributed by atoms with van der Waals surface area (Å²) in [5.41, 5.74) is 0.854. The Labute approximate surface area is 139 Å². The molecule has 1 N–H and O–H groups in total. The van der Waals surface area contributed by atoms with Gasteiger partial charge in [0.2, 0.25) is 0 Å². The van der Waals surface area contributed by atoms with Gasteiger partial charge in [-0.15, -0.1) is 0 Å². The highest BCUT2D eigenvalue weighted by Gasteiger charge is 2.20. The third-order valence-corrected chi connectivity index (χ3v) is 3.87. The highest BCUT2D eigenvalue weighted by molar-refractivity contribution is 6.07. The van der Waals surface area contributed by atoms with Gasteiger partial charge in [0.05, 0.1) is 0 Å². The summed E-state index contributed by atoms with van der Waals surface area (Å²) in [6.45, 7) is 2.19. The van der Waals surface area contributed by atoms with Crippen LogP contribution in [0.15, 0.2) is 48.1 Å². The van der Waals surface area contributed by atoms with Gasteiger partial charge in [-0.25, -0.2) is 0 Å². The molecule has 0 fully saturated rings. The van der Waals surface area contributed by atoms with Gasteiger partial charge >= 0.3 is 5.97 Å². The lowest BCUT2D eigenvalue weighted by Crippen LogP contribution is -2.01. The number of ketones is 1. The molecule has 0 heterocycles. The average Bonchev–Trinajstić information content (AvgIpc) is 2.86. The van der Waals surface area contributed by atoms with E-state index < -0.39 is 5.97 Å². The van der Waals surface area contributed by atoms with Crippen molar-refractivity contribution in [3.63, 3.8) is 0 Å². The van der Waals surface area contributed by atoms with Crippen LogP contribution in [0.4, 0.5) is 0 Å². The summed E-state index contributed by atoms with van der Waals surface area (Å²) >= 11 is 0. The van der Waals surface area contributed by atoms with Gasteiger partial charge in [-0.3, -0.25) is 9.59 Å². The van der Waals surface area contributed by atoms with E-state index in [4.69, 9.17) is 5.11 Å². The van der Waals surface area contributed by atoms with Gasteiger partial charge in [-0.1, -0.05) is 56.2 Å². The van der Waals surface area contributed by atoms with Gasteiger partial charge < -0.3 is 5.11 Å². The first-order valence-electron chi connectivity index (χ1n) is 8.61. The van der Waals surface area contributed by atoms with Crippen molar-refractivity contribution in [3.05, 3.63) is 48.1 Å². The molecule has 0 unspecified atom stereocenters. The normalized spacial score (nSPS) is 19.6. The third-order valence-electron chi connectivity index (χ3n) is 3.87. The van der Waals surface area contributed by atoms with Gasteiger partial charge in [-0.05, 0) is 38.2 Å². The number of unbranched alkanes of at least 4 members (excludes halogenated alkanes) is 4. The second-order valence-electron chi connectivity index (χ2n) is 5.87. The van der Waals surface area contributed by atoms with Crippen LogP contribution in [0.2, 0.25) is 0 Å². The van der Waals surface area contributed by atoms with Crippen molar-refractivity contribution in [2.75, 3.05) is 0 Å². The van der Waals surface area contributed by atoms with Crippen molar-refractivity contribution in [1.82, 2.24) is 0 Å². The Morgan fingerprint density at radius 3 is 2.70 bits per heavy atom. The first-order chi connectivity index (χ1) is 11.1. The predicted octanol–water partition coefficient (Wildman–Crippen LogP) is 5.01. The van der Waals surface area contributed by atoms with Crippen molar-refractivity contribution < 1.29 is 14.7 Å². The summed E-state index contributed by atoms with van der Waals surface area (Å²) in [6, 6.07) is 0. The second kappa shape index (κ2) is 11.6. The number of carbonyl (C=O) groups excluding carboxylic acids is 1. The fourth-order valence-electron chi connectivity index (χ4n) is 2.51. The Morgan fingerprint density at radius 1 is 1.17 bits per heavy atom. The molecule has 1 aliphatic rings. The number of carboxylic acid groups (broad SMARTS) is 1. The molecule has 0 bridgehead atoms. The van der Waals surface area contributed by atoms with Crippen LogP contribution in [0.5, 0.6) is 0 Å².